The van der Waals surface area contributed by atoms with E-state index in [0.29, 0.717) is 59.9 Å². The van der Waals surface area contributed by atoms with Crippen LogP contribution in [0, 0.1) is 0 Å². The van der Waals surface area contributed by atoms with Gasteiger partial charge in [0.05, 0.1) is 52.0 Å². The Morgan fingerprint density at radius 2 is 1.69 bits per heavy atom. The van der Waals surface area contributed by atoms with E-state index in [1.165, 1.54) is 29.2 Å². The molecule has 1 aliphatic rings. The number of thiazole rings is 1. The normalized spacial score (nSPS) is 14.4. The van der Waals surface area contributed by atoms with Crippen LogP contribution in [0.5, 0.6) is 17.2 Å². The lowest BCUT2D eigenvalue weighted by molar-refractivity contribution is -0.145. The third-order valence-electron chi connectivity index (χ3n) is 5.97. The average Bonchev–Trinajstić information content (AvgIpc) is 3.27. The summed E-state index contributed by atoms with van der Waals surface area (Å²) < 4.78 is 30.1. The van der Waals surface area contributed by atoms with Gasteiger partial charge in [0.15, 0.2) is 22.9 Å². The minimum Gasteiger partial charge on any atom is -0.490 e. The Bertz CT molecular complexity index is 1690. The molecule has 0 radical (unpaired) electrons. The Hall–Kier alpha value is -3.42. The van der Waals surface area contributed by atoms with Crippen molar-refractivity contribution in [2.24, 2.45) is 4.99 Å². The molecule has 222 valence electrons. The third-order valence-corrected chi connectivity index (χ3v) is 8.14. The van der Waals surface area contributed by atoms with Crippen LogP contribution in [0.25, 0.3) is 6.08 Å². The van der Waals surface area contributed by atoms with E-state index in [-0.39, 0.29) is 24.3 Å². The number of halogens is 2. The average molecular weight is 724 g/mol. The molecule has 1 aromatic heterocycles. The molecule has 0 amide bonds. The first kappa shape index (κ1) is 31.5. The first-order chi connectivity index (χ1) is 20.2. The van der Waals surface area contributed by atoms with Crippen molar-refractivity contribution in [1.82, 2.24) is 4.57 Å². The van der Waals surface area contributed by atoms with Crippen molar-refractivity contribution in [3.05, 3.63) is 81.9 Å². The summed E-state index contributed by atoms with van der Waals surface area (Å²) in [7, 11) is 1.28. The molecule has 0 bridgehead atoms. The van der Waals surface area contributed by atoms with Crippen LogP contribution >= 0.6 is 43.2 Å². The monoisotopic (exact) mass is 722 g/mol. The first-order valence-electron chi connectivity index (χ1n) is 13.0. The maximum absolute atomic E-state index is 13.9. The minimum absolute atomic E-state index is 0.205. The zero-order valence-corrected chi connectivity index (χ0v) is 27.3. The van der Waals surface area contributed by atoms with E-state index in [1.807, 2.05) is 13.8 Å². The number of fused-ring (bicyclic) bond motifs is 1. The molecule has 42 heavy (non-hydrogen) atoms. The van der Waals surface area contributed by atoms with Crippen molar-refractivity contribution in [3.8, 4) is 17.2 Å². The van der Waals surface area contributed by atoms with E-state index >= 15 is 0 Å². The largest absolute Gasteiger partial charge is 0.490 e. The highest BCUT2D eigenvalue weighted by Crippen LogP contribution is 2.36. The number of rotatable bonds is 11. The van der Waals surface area contributed by atoms with Crippen molar-refractivity contribution in [3.63, 3.8) is 0 Å². The topological polar surface area (TPSA) is 115 Å². The number of nitrogens with zero attached hydrogens (tertiary/aromatic N) is 2. The molecule has 0 saturated carbocycles. The summed E-state index contributed by atoms with van der Waals surface area (Å²) in [4.78, 5) is 43.2. The van der Waals surface area contributed by atoms with Gasteiger partial charge in [-0.15, -0.1) is 0 Å². The molecule has 0 spiro atoms. The highest BCUT2D eigenvalue weighted by molar-refractivity contribution is 9.11. The third kappa shape index (κ3) is 6.79. The van der Waals surface area contributed by atoms with Gasteiger partial charge in [-0.3, -0.25) is 9.36 Å². The van der Waals surface area contributed by atoms with Gasteiger partial charge in [0, 0.05) is 6.20 Å². The number of ether oxygens (including phenoxy) is 5. The molecule has 1 aliphatic heterocycles. The van der Waals surface area contributed by atoms with Crippen molar-refractivity contribution < 1.29 is 33.3 Å². The van der Waals surface area contributed by atoms with Gasteiger partial charge in [-0.1, -0.05) is 17.4 Å². The predicted molar refractivity (Wildman–Crippen MR) is 164 cm³/mol. The van der Waals surface area contributed by atoms with Gasteiger partial charge in [0.2, 0.25) is 0 Å². The Balaban J connectivity index is 1.79. The first-order valence-corrected chi connectivity index (χ1v) is 15.4. The van der Waals surface area contributed by atoms with Crippen molar-refractivity contribution >= 4 is 61.2 Å². The summed E-state index contributed by atoms with van der Waals surface area (Å²) in [5.41, 5.74) is 1.19. The smallest absolute Gasteiger partial charge is 0.344 e. The fraction of sp³-hybridized carbons (Fsp3) is 0.310. The van der Waals surface area contributed by atoms with E-state index in [9.17, 15) is 14.4 Å². The molecule has 0 saturated heterocycles. The molecule has 0 fully saturated rings. The van der Waals surface area contributed by atoms with E-state index < -0.39 is 18.0 Å². The summed E-state index contributed by atoms with van der Waals surface area (Å²) in [6.07, 6.45) is 3.16. The highest BCUT2D eigenvalue weighted by atomic mass is 79.9. The molecule has 10 nitrogen and oxygen atoms in total. The van der Waals surface area contributed by atoms with E-state index in [2.05, 4.69) is 36.9 Å². The van der Waals surface area contributed by atoms with Gasteiger partial charge >= 0.3 is 11.9 Å². The lowest BCUT2D eigenvalue weighted by Crippen LogP contribution is -2.39. The minimum atomic E-state index is -0.803. The van der Waals surface area contributed by atoms with Crippen LogP contribution in [-0.4, -0.2) is 50.0 Å². The van der Waals surface area contributed by atoms with E-state index in [1.54, 1.807) is 43.3 Å². The van der Waals surface area contributed by atoms with Gasteiger partial charge < -0.3 is 23.7 Å². The second kappa shape index (κ2) is 14.2. The van der Waals surface area contributed by atoms with Crippen LogP contribution < -0.4 is 29.1 Å². The zero-order chi connectivity index (χ0) is 30.4. The van der Waals surface area contributed by atoms with Gasteiger partial charge in [0.1, 0.15) is 5.75 Å². The molecule has 3 aromatic rings. The number of hydrogen-bond acceptors (Lipinski definition) is 10. The SMILES string of the molecule is CCOC(=O)COc1c(Br)cc(/C=c2\sc3n(c2=O)[C@H](c2ccc(OCC)c(OCC)c2)C(C(=O)OC)=CN=3)cc1Br. The standard InChI is InChI=1S/C29H28Br2N2O8S/c1-5-38-21-9-8-17(13-22(21)39-6-2)25-18(28(36)37-4)14-32-29-33(25)27(35)23(42-29)12-16-10-19(30)26(20(31)11-16)41-15-24(34)40-7-3/h8-14,25H,5-7,15H2,1-4H3/b23-12-/t25-/m1/s1. The second-order valence-electron chi connectivity index (χ2n) is 8.66. The zero-order valence-electron chi connectivity index (χ0n) is 23.3. The van der Waals surface area contributed by atoms with Crippen LogP contribution in [-0.2, 0) is 19.1 Å². The number of hydrogen-bond donors (Lipinski definition) is 0. The number of esters is 2. The lowest BCUT2D eigenvalue weighted by atomic mass is 9.97. The summed E-state index contributed by atoms with van der Waals surface area (Å²) in [6.45, 7) is 6.33. The fourth-order valence-corrected chi connectivity index (χ4v) is 6.69. The Labute approximate surface area is 262 Å². The molecule has 1 atom stereocenters. The van der Waals surface area contributed by atoms with Crippen molar-refractivity contribution in [2.75, 3.05) is 33.5 Å². The molecule has 0 N–H and O–H groups in total. The number of carbonyl (C=O) groups is 2. The summed E-state index contributed by atoms with van der Waals surface area (Å²) in [5.74, 6) is 0.398. The van der Waals surface area contributed by atoms with Gasteiger partial charge in [0.25, 0.3) is 5.56 Å². The van der Waals surface area contributed by atoms with Crippen molar-refractivity contribution in [2.45, 2.75) is 26.8 Å². The highest BCUT2D eigenvalue weighted by Gasteiger charge is 2.31. The molecular weight excluding hydrogens is 696 g/mol. The molecule has 0 aliphatic carbocycles. The lowest BCUT2D eigenvalue weighted by Gasteiger charge is -2.23. The predicted octanol–water partition coefficient (Wildman–Crippen LogP) is 4.28. The van der Waals surface area contributed by atoms with E-state index in [4.69, 9.17) is 23.7 Å². The summed E-state index contributed by atoms with van der Waals surface area (Å²) >= 11 is 8.14. The Morgan fingerprint density at radius 3 is 2.33 bits per heavy atom. The Morgan fingerprint density at radius 1 is 1.00 bits per heavy atom. The maximum atomic E-state index is 13.9. The fourth-order valence-electron chi connectivity index (χ4n) is 4.27. The van der Waals surface area contributed by atoms with E-state index in [0.717, 1.165) is 0 Å². The molecular formula is C29H28Br2N2O8S. The molecule has 13 heteroatoms. The van der Waals surface area contributed by atoms with Crippen LogP contribution in [0.3, 0.4) is 0 Å². The van der Waals surface area contributed by atoms with Gasteiger partial charge in [-0.05, 0) is 94.1 Å². The van der Waals surface area contributed by atoms with Crippen LogP contribution in [0.2, 0.25) is 0 Å². The number of methoxy groups -OCH3 is 1. The second-order valence-corrected chi connectivity index (χ2v) is 11.4. The van der Waals surface area contributed by atoms with Crippen LogP contribution in [0.4, 0.5) is 0 Å². The summed E-state index contributed by atoms with van der Waals surface area (Å²) in [5, 5.41) is 0. The number of carbonyl (C=O) groups excluding carboxylic acids is 2. The molecule has 2 aromatic carbocycles. The van der Waals surface area contributed by atoms with Gasteiger partial charge in [-0.2, -0.15) is 0 Å². The van der Waals surface area contributed by atoms with Gasteiger partial charge in [-0.25, -0.2) is 14.6 Å². The maximum Gasteiger partial charge on any atom is 0.344 e. The Kier molecular flexibility index (Phi) is 10.6. The summed E-state index contributed by atoms with van der Waals surface area (Å²) in [6, 6.07) is 8.05. The molecule has 4 rings (SSSR count). The molecule has 2 heterocycles. The number of benzene rings is 2. The van der Waals surface area contributed by atoms with Crippen LogP contribution in [0.1, 0.15) is 37.9 Å². The quantitative estimate of drug-likeness (QED) is 0.270. The van der Waals surface area contributed by atoms with Crippen LogP contribution in [0.15, 0.2) is 60.8 Å². The molecule has 0 unspecified atom stereocenters. The van der Waals surface area contributed by atoms with Crippen molar-refractivity contribution in [1.29, 1.82) is 0 Å². The number of aromatic nitrogens is 1.